The first-order valence-corrected chi connectivity index (χ1v) is 23.4. The van der Waals surface area contributed by atoms with Gasteiger partial charge in [-0.05, 0) is 97.5 Å². The summed E-state index contributed by atoms with van der Waals surface area (Å²) in [5.74, 6) is 7.02. The summed E-state index contributed by atoms with van der Waals surface area (Å²) < 4.78 is 33.4. The van der Waals surface area contributed by atoms with Crippen molar-refractivity contribution in [2.75, 3.05) is 67.1 Å². The van der Waals surface area contributed by atoms with Gasteiger partial charge in [-0.15, -0.1) is 0 Å². The molecule has 4 aromatic carbocycles. The Morgan fingerprint density at radius 3 is 1.07 bits per heavy atom. The maximum atomic E-state index is 10.7. The Balaban J connectivity index is 0.000000310. The second-order valence-corrected chi connectivity index (χ2v) is 16.5. The lowest BCUT2D eigenvalue weighted by molar-refractivity contribution is -0.366. The van der Waals surface area contributed by atoms with Crippen LogP contribution < -0.4 is 9.47 Å². The average Bonchev–Trinajstić information content (AvgIpc) is 3.39. The zero-order valence-corrected chi connectivity index (χ0v) is 41.9. The van der Waals surface area contributed by atoms with Crippen LogP contribution in [0.5, 0.6) is 11.5 Å². The Morgan fingerprint density at radius 2 is 0.806 bits per heavy atom. The maximum absolute atomic E-state index is 10.7. The molecule has 396 valence electrons. The van der Waals surface area contributed by atoms with E-state index in [0.717, 1.165) is 33.8 Å². The van der Waals surface area contributed by atoms with Crippen LogP contribution in [0.15, 0.2) is 84.9 Å². The van der Waals surface area contributed by atoms with Gasteiger partial charge in [0.15, 0.2) is 0 Å². The van der Waals surface area contributed by atoms with Gasteiger partial charge in [0.25, 0.3) is 0 Å². The minimum absolute atomic E-state index is 0.166. The van der Waals surface area contributed by atoms with Crippen molar-refractivity contribution in [2.24, 2.45) is 0 Å². The summed E-state index contributed by atoms with van der Waals surface area (Å²) in [5.41, 5.74) is 4.33. The third-order valence-corrected chi connectivity index (χ3v) is 12.0. The monoisotopic (exact) mass is 1050 g/mol. The summed E-state index contributed by atoms with van der Waals surface area (Å²) in [5, 5.41) is 114. The Morgan fingerprint density at radius 1 is 0.486 bits per heavy atom. The number of halogens is 2. The number of aliphatic hydroxyl groups excluding tert-OH is 12. The van der Waals surface area contributed by atoms with E-state index in [1.54, 1.807) is 36.4 Å². The van der Waals surface area contributed by atoms with Crippen LogP contribution in [-0.4, -0.2) is 177 Å². The smallest absolute Gasteiger partial charge is 0.224 e. The summed E-state index contributed by atoms with van der Waals surface area (Å²) in [7, 11) is 2.64. The highest BCUT2D eigenvalue weighted by Crippen LogP contribution is 2.42. The molecule has 2 fully saturated rings. The molecular weight excluding hydrogens is 983 g/mol. The van der Waals surface area contributed by atoms with Gasteiger partial charge in [0.05, 0.1) is 26.4 Å². The van der Waals surface area contributed by atoms with Crippen LogP contribution >= 0.6 is 23.2 Å². The third kappa shape index (κ3) is 16.3. The van der Waals surface area contributed by atoms with Crippen molar-refractivity contribution in [1.29, 1.82) is 0 Å². The quantitative estimate of drug-likeness (QED) is 0.0789. The van der Waals surface area contributed by atoms with E-state index in [4.69, 9.17) is 72.0 Å². The van der Waals surface area contributed by atoms with Crippen molar-refractivity contribution < 1.29 is 89.7 Å². The summed E-state index contributed by atoms with van der Waals surface area (Å²) in [6, 6.07) is 25.3. The normalized spacial score (nSPS) is 25.2. The zero-order valence-electron chi connectivity index (χ0n) is 40.3. The average molecular weight is 1050 g/mol. The predicted molar refractivity (Wildman–Crippen MR) is 265 cm³/mol. The van der Waals surface area contributed by atoms with Crippen molar-refractivity contribution in [3.63, 3.8) is 0 Å². The molecule has 2 aliphatic rings. The first-order chi connectivity index (χ1) is 34.5. The molecule has 6 rings (SSSR count). The van der Waals surface area contributed by atoms with E-state index in [0.29, 0.717) is 47.2 Å². The molecule has 2 heterocycles. The van der Waals surface area contributed by atoms with E-state index in [1.165, 1.54) is 14.2 Å². The Kier molecular flexibility index (Phi) is 26.9. The number of ether oxygens (including phenoxy) is 6. The molecule has 0 radical (unpaired) electrons. The van der Waals surface area contributed by atoms with Crippen LogP contribution in [0, 0.1) is 23.7 Å². The molecule has 0 aromatic heterocycles. The highest BCUT2D eigenvalue weighted by Gasteiger charge is 2.56. The fraction of sp³-hybridized carbons (Fsp3) is 0.462. The predicted octanol–water partition coefficient (Wildman–Crippen LogP) is 1.15. The largest absolute Gasteiger partial charge is 0.494 e. The summed E-state index contributed by atoms with van der Waals surface area (Å²) in [4.78, 5) is 0. The molecule has 4 aromatic rings. The highest BCUT2D eigenvalue weighted by molar-refractivity contribution is 6.31. The van der Waals surface area contributed by atoms with E-state index in [1.807, 2.05) is 62.4 Å². The summed E-state index contributed by atoms with van der Waals surface area (Å²) in [6.45, 7) is 3.25. The van der Waals surface area contributed by atoms with E-state index in [-0.39, 0.29) is 26.4 Å². The van der Waals surface area contributed by atoms with Gasteiger partial charge in [0.2, 0.25) is 11.6 Å². The Labute approximate surface area is 429 Å². The van der Waals surface area contributed by atoms with Gasteiger partial charge in [-0.3, -0.25) is 0 Å². The van der Waals surface area contributed by atoms with Gasteiger partial charge < -0.3 is 89.7 Å². The van der Waals surface area contributed by atoms with E-state index in [2.05, 4.69) is 23.7 Å². The van der Waals surface area contributed by atoms with Gasteiger partial charge >= 0.3 is 0 Å². The van der Waals surface area contributed by atoms with Crippen molar-refractivity contribution in [1.82, 2.24) is 0 Å². The van der Waals surface area contributed by atoms with E-state index in [9.17, 15) is 40.9 Å². The third-order valence-electron chi connectivity index (χ3n) is 11.2. The van der Waals surface area contributed by atoms with Crippen LogP contribution in [0.3, 0.4) is 0 Å². The van der Waals surface area contributed by atoms with Gasteiger partial charge in [0.1, 0.15) is 86.8 Å². The molecule has 0 aliphatic carbocycles. The number of hydrogen-bond acceptors (Lipinski definition) is 18. The lowest BCUT2D eigenvalue weighted by Gasteiger charge is -2.47. The summed E-state index contributed by atoms with van der Waals surface area (Å²) >= 11 is 12.8. The minimum Gasteiger partial charge on any atom is -0.494 e. The Bertz CT molecular complexity index is 2150. The van der Waals surface area contributed by atoms with Crippen LogP contribution in [0.4, 0.5) is 0 Å². The van der Waals surface area contributed by atoms with Crippen LogP contribution in [0.2, 0.25) is 10.0 Å². The lowest BCUT2D eigenvalue weighted by atomic mass is 9.87. The van der Waals surface area contributed by atoms with E-state index >= 15 is 0 Å². The first kappa shape index (κ1) is 61.8. The van der Waals surface area contributed by atoms with Crippen LogP contribution in [0.25, 0.3) is 0 Å². The molecule has 0 saturated carbocycles. The number of rotatable bonds is 14. The standard InChI is InChI=1S/2C22H27ClO7.2C4H6O2/c2*1-3-29-16-7-4-13(5-8-16)10-14-11-15(6-9-17(14)23)22(28-2)21(27)20(26)19(25)18(12-24)30-22;2*5-3-1-2-4-6/h2*4-9,11,18-21,24-27H,3,10,12H2,1-2H3;2*5-6H,3-4H2/t2*18-,19-,20+,21-,22+;;/m11../s1. The second-order valence-electron chi connectivity index (χ2n) is 15.7. The Hall–Kier alpha value is -4.46. The van der Waals surface area contributed by atoms with Gasteiger partial charge in [-0.1, -0.05) is 83.3 Å². The molecule has 0 spiro atoms. The number of aliphatic hydroxyl groups is 12. The van der Waals surface area contributed by atoms with Gasteiger partial charge in [-0.25, -0.2) is 0 Å². The fourth-order valence-electron chi connectivity index (χ4n) is 7.59. The molecule has 10 atom stereocenters. The van der Waals surface area contributed by atoms with Crippen LogP contribution in [-0.2, 0) is 43.4 Å². The number of hydrogen-bond donors (Lipinski definition) is 12. The molecule has 0 amide bonds. The van der Waals surface area contributed by atoms with Crippen molar-refractivity contribution in [3.05, 3.63) is 128 Å². The molecule has 12 N–H and O–H groups in total. The SMILES string of the molecule is CCOc1ccc(Cc2cc([C@]3(OC)O[C@H](CO)[C@@H](O)[C@H](O)[C@H]3O)ccc2Cl)cc1.CCOc1ccc(Cc2cc([C@]3(OC)O[C@H](CO)[C@@H](O)[C@H](O)[C@H]3O)ccc2Cl)cc1.OCC#CCO.OCC#CCO. The van der Waals surface area contributed by atoms with Crippen molar-refractivity contribution >= 4 is 23.2 Å². The highest BCUT2D eigenvalue weighted by atomic mass is 35.5. The second kappa shape index (κ2) is 31.3. The van der Waals surface area contributed by atoms with Gasteiger partial charge in [0, 0.05) is 35.4 Å². The maximum Gasteiger partial charge on any atom is 0.224 e. The minimum atomic E-state index is -1.77. The molecule has 0 unspecified atom stereocenters. The van der Waals surface area contributed by atoms with Gasteiger partial charge in [-0.2, -0.15) is 0 Å². The molecular formula is C52H66Cl2O18. The first-order valence-electron chi connectivity index (χ1n) is 22.7. The summed E-state index contributed by atoms with van der Waals surface area (Å²) in [6.07, 6.45) is -10.5. The van der Waals surface area contributed by atoms with Crippen molar-refractivity contribution in [2.45, 2.75) is 87.1 Å². The molecule has 20 heteroatoms. The molecule has 0 bridgehead atoms. The lowest BCUT2D eigenvalue weighted by Crippen LogP contribution is -2.64. The fourth-order valence-corrected chi connectivity index (χ4v) is 7.96. The van der Waals surface area contributed by atoms with E-state index < -0.39 is 73.6 Å². The van der Waals surface area contributed by atoms with Crippen LogP contribution in [0.1, 0.15) is 47.2 Å². The molecule has 72 heavy (non-hydrogen) atoms. The topological polar surface area (TPSA) is 298 Å². The van der Waals surface area contributed by atoms with Crippen molar-refractivity contribution in [3.8, 4) is 35.2 Å². The zero-order chi connectivity index (χ0) is 53.4. The number of methoxy groups -OCH3 is 2. The molecule has 2 aliphatic heterocycles. The molecule has 2 saturated heterocycles. The number of benzene rings is 4. The molecule has 18 nitrogen and oxygen atoms in total.